The Morgan fingerprint density at radius 3 is 2.81 bits per heavy atom. The second kappa shape index (κ2) is 6.18. The van der Waals surface area contributed by atoms with Gasteiger partial charge in [0.05, 0.1) is 0 Å². The standard InChI is InChI=1S/C18H26N2O/c1-13-5-2-3-7-16(13)15-9-10-20(12-15)18(21)11-14-6-4-8-17(14)19/h2-3,5,7,14-15,17H,4,6,8-12,19H2,1H3/t14-,15?,17+/m0/s1. The molecule has 1 amide bonds. The van der Waals surface area contributed by atoms with Crippen molar-refractivity contribution in [1.29, 1.82) is 0 Å². The van der Waals surface area contributed by atoms with Crippen molar-refractivity contribution < 1.29 is 4.79 Å². The summed E-state index contributed by atoms with van der Waals surface area (Å²) in [4.78, 5) is 14.5. The zero-order valence-electron chi connectivity index (χ0n) is 12.9. The lowest BCUT2D eigenvalue weighted by Crippen LogP contribution is -2.33. The number of likely N-dealkylation sites (tertiary alicyclic amines) is 1. The van der Waals surface area contributed by atoms with Crippen LogP contribution >= 0.6 is 0 Å². The molecule has 1 aliphatic carbocycles. The molecule has 0 bridgehead atoms. The van der Waals surface area contributed by atoms with Crippen LogP contribution in [0.4, 0.5) is 0 Å². The highest BCUT2D eigenvalue weighted by Gasteiger charge is 2.32. The van der Waals surface area contributed by atoms with Gasteiger partial charge in [-0.2, -0.15) is 0 Å². The molecular weight excluding hydrogens is 260 g/mol. The molecule has 1 saturated heterocycles. The third-order valence-corrected chi connectivity index (χ3v) is 5.32. The van der Waals surface area contributed by atoms with Crippen molar-refractivity contribution in [2.24, 2.45) is 11.7 Å². The first-order chi connectivity index (χ1) is 10.1. The van der Waals surface area contributed by atoms with E-state index in [2.05, 4.69) is 36.1 Å². The van der Waals surface area contributed by atoms with Crippen LogP contribution in [-0.4, -0.2) is 29.9 Å². The first kappa shape index (κ1) is 14.6. The number of hydrogen-bond donors (Lipinski definition) is 1. The van der Waals surface area contributed by atoms with Gasteiger partial charge in [0, 0.05) is 31.5 Å². The summed E-state index contributed by atoms with van der Waals surface area (Å²) < 4.78 is 0. The van der Waals surface area contributed by atoms with Gasteiger partial charge in [-0.3, -0.25) is 4.79 Å². The lowest BCUT2D eigenvalue weighted by molar-refractivity contribution is -0.131. The van der Waals surface area contributed by atoms with Gasteiger partial charge in [-0.25, -0.2) is 0 Å². The van der Waals surface area contributed by atoms with Crippen molar-refractivity contribution in [2.75, 3.05) is 13.1 Å². The smallest absolute Gasteiger partial charge is 0.222 e. The molecule has 1 aromatic carbocycles. The minimum Gasteiger partial charge on any atom is -0.342 e. The molecule has 3 rings (SSSR count). The maximum Gasteiger partial charge on any atom is 0.222 e. The van der Waals surface area contributed by atoms with E-state index >= 15 is 0 Å². The Balaban J connectivity index is 1.59. The highest BCUT2D eigenvalue weighted by molar-refractivity contribution is 5.77. The fraction of sp³-hybridized carbons (Fsp3) is 0.611. The molecule has 114 valence electrons. The van der Waals surface area contributed by atoms with E-state index in [4.69, 9.17) is 5.73 Å². The summed E-state index contributed by atoms with van der Waals surface area (Å²) in [5.74, 6) is 1.23. The van der Waals surface area contributed by atoms with E-state index in [1.807, 2.05) is 0 Å². The summed E-state index contributed by atoms with van der Waals surface area (Å²) in [5.41, 5.74) is 8.84. The number of nitrogens with two attached hydrogens (primary N) is 1. The molecule has 0 radical (unpaired) electrons. The second-order valence-corrected chi connectivity index (χ2v) is 6.74. The van der Waals surface area contributed by atoms with Gasteiger partial charge in [-0.1, -0.05) is 30.7 Å². The molecule has 1 aromatic rings. The average Bonchev–Trinajstić information content (AvgIpc) is 3.09. The van der Waals surface area contributed by atoms with Gasteiger partial charge < -0.3 is 10.6 Å². The van der Waals surface area contributed by atoms with E-state index in [0.717, 1.165) is 32.4 Å². The summed E-state index contributed by atoms with van der Waals surface area (Å²) >= 11 is 0. The van der Waals surface area contributed by atoms with Crippen molar-refractivity contribution in [3.63, 3.8) is 0 Å². The number of nitrogens with zero attached hydrogens (tertiary/aromatic N) is 1. The van der Waals surface area contributed by atoms with Gasteiger partial charge in [-0.05, 0) is 43.2 Å². The average molecular weight is 286 g/mol. The molecular formula is C18H26N2O. The van der Waals surface area contributed by atoms with Gasteiger partial charge in [-0.15, -0.1) is 0 Å². The molecule has 3 nitrogen and oxygen atoms in total. The van der Waals surface area contributed by atoms with E-state index in [1.165, 1.54) is 17.5 Å². The van der Waals surface area contributed by atoms with Gasteiger partial charge in [0.15, 0.2) is 0 Å². The molecule has 3 atom stereocenters. The predicted molar refractivity (Wildman–Crippen MR) is 85.1 cm³/mol. The molecule has 1 saturated carbocycles. The molecule has 0 aromatic heterocycles. The molecule has 1 unspecified atom stereocenters. The van der Waals surface area contributed by atoms with Crippen molar-refractivity contribution in [2.45, 2.75) is 51.0 Å². The fourth-order valence-electron chi connectivity index (χ4n) is 3.96. The number of benzene rings is 1. The Hall–Kier alpha value is -1.35. The third-order valence-electron chi connectivity index (χ3n) is 5.32. The largest absolute Gasteiger partial charge is 0.342 e. The minimum absolute atomic E-state index is 0.240. The lowest BCUT2D eigenvalue weighted by atomic mass is 9.94. The van der Waals surface area contributed by atoms with Gasteiger partial charge in [0.2, 0.25) is 5.91 Å². The second-order valence-electron chi connectivity index (χ2n) is 6.74. The van der Waals surface area contributed by atoms with E-state index in [0.29, 0.717) is 24.2 Å². The van der Waals surface area contributed by atoms with Crippen LogP contribution in [-0.2, 0) is 4.79 Å². The highest BCUT2D eigenvalue weighted by Crippen LogP contribution is 2.32. The quantitative estimate of drug-likeness (QED) is 0.928. The van der Waals surface area contributed by atoms with E-state index in [1.54, 1.807) is 0 Å². The number of carbonyl (C=O) groups is 1. The number of hydrogen-bond acceptors (Lipinski definition) is 2. The summed E-state index contributed by atoms with van der Waals surface area (Å²) in [6, 6.07) is 8.80. The van der Waals surface area contributed by atoms with Crippen molar-refractivity contribution in [3.8, 4) is 0 Å². The summed E-state index contributed by atoms with van der Waals surface area (Å²) in [5, 5.41) is 0. The van der Waals surface area contributed by atoms with Crippen molar-refractivity contribution in [1.82, 2.24) is 4.90 Å². The van der Waals surface area contributed by atoms with Gasteiger partial charge in [0.25, 0.3) is 0 Å². The molecule has 3 heteroatoms. The van der Waals surface area contributed by atoms with Crippen LogP contribution in [0.5, 0.6) is 0 Å². The first-order valence-electron chi connectivity index (χ1n) is 8.24. The molecule has 21 heavy (non-hydrogen) atoms. The summed E-state index contributed by atoms with van der Waals surface area (Å²) in [6.45, 7) is 3.95. The normalized spacial score (nSPS) is 29.0. The fourth-order valence-corrected chi connectivity index (χ4v) is 3.96. The van der Waals surface area contributed by atoms with E-state index in [9.17, 15) is 4.79 Å². The van der Waals surface area contributed by atoms with Crippen molar-refractivity contribution in [3.05, 3.63) is 35.4 Å². The molecule has 2 N–H and O–H groups in total. The molecule has 2 aliphatic rings. The molecule has 1 aliphatic heterocycles. The van der Waals surface area contributed by atoms with E-state index in [-0.39, 0.29) is 6.04 Å². The Morgan fingerprint density at radius 2 is 2.10 bits per heavy atom. The monoisotopic (exact) mass is 286 g/mol. The Kier molecular flexibility index (Phi) is 4.29. The zero-order chi connectivity index (χ0) is 14.8. The van der Waals surface area contributed by atoms with Crippen LogP contribution in [0, 0.1) is 12.8 Å². The molecule has 0 spiro atoms. The van der Waals surface area contributed by atoms with Crippen LogP contribution in [0.2, 0.25) is 0 Å². The van der Waals surface area contributed by atoms with E-state index < -0.39 is 0 Å². The first-order valence-corrected chi connectivity index (χ1v) is 8.24. The summed E-state index contributed by atoms with van der Waals surface area (Å²) in [6.07, 6.45) is 5.14. The molecule has 1 heterocycles. The summed E-state index contributed by atoms with van der Waals surface area (Å²) in [7, 11) is 0. The molecule has 2 fully saturated rings. The lowest BCUT2D eigenvalue weighted by Gasteiger charge is -2.21. The maximum atomic E-state index is 12.5. The van der Waals surface area contributed by atoms with Crippen molar-refractivity contribution >= 4 is 5.91 Å². The minimum atomic E-state index is 0.240. The SMILES string of the molecule is Cc1ccccc1C1CCN(C(=O)C[C@@H]2CCC[C@H]2N)C1. The number of aryl methyl sites for hydroxylation is 1. The highest BCUT2D eigenvalue weighted by atomic mass is 16.2. The maximum absolute atomic E-state index is 12.5. The third kappa shape index (κ3) is 3.13. The number of amides is 1. The van der Waals surface area contributed by atoms with Crippen LogP contribution < -0.4 is 5.73 Å². The topological polar surface area (TPSA) is 46.3 Å². The Morgan fingerprint density at radius 1 is 1.29 bits per heavy atom. The van der Waals surface area contributed by atoms with Crippen LogP contribution in [0.25, 0.3) is 0 Å². The van der Waals surface area contributed by atoms with Crippen LogP contribution in [0.15, 0.2) is 24.3 Å². The van der Waals surface area contributed by atoms with Gasteiger partial charge in [0.1, 0.15) is 0 Å². The van der Waals surface area contributed by atoms with Crippen LogP contribution in [0.3, 0.4) is 0 Å². The number of carbonyl (C=O) groups excluding carboxylic acids is 1. The predicted octanol–water partition coefficient (Wildman–Crippen LogP) is 2.83. The Bertz CT molecular complexity index is 514. The Labute approximate surface area is 127 Å². The zero-order valence-corrected chi connectivity index (χ0v) is 12.9. The number of rotatable bonds is 3. The van der Waals surface area contributed by atoms with Crippen LogP contribution in [0.1, 0.15) is 49.1 Å². The van der Waals surface area contributed by atoms with Gasteiger partial charge >= 0.3 is 0 Å².